The third-order valence-electron chi connectivity index (χ3n) is 3.42. The number of anilines is 1. The standard InChI is InChI=1S/C16H14F3N3O5/c1-26-13-5-9(6-14(27-2)15(13)23)8-20-21-11-4-3-10(16(17,18)19)7-12(11)22(24)25/h3-8,21,23H,1-2H3/b20-8+. The number of benzene rings is 2. The van der Waals surface area contributed by atoms with Gasteiger partial charge < -0.3 is 14.6 Å². The van der Waals surface area contributed by atoms with E-state index in [1.807, 2.05) is 0 Å². The first-order valence-corrected chi connectivity index (χ1v) is 7.27. The van der Waals surface area contributed by atoms with Crippen molar-refractivity contribution >= 4 is 17.6 Å². The number of nitrogens with one attached hydrogen (secondary N) is 1. The van der Waals surface area contributed by atoms with Gasteiger partial charge in [0.25, 0.3) is 5.69 Å². The van der Waals surface area contributed by atoms with Gasteiger partial charge in [-0.3, -0.25) is 15.5 Å². The molecule has 0 amide bonds. The number of hydrazone groups is 1. The summed E-state index contributed by atoms with van der Waals surface area (Å²) >= 11 is 0. The number of methoxy groups -OCH3 is 2. The van der Waals surface area contributed by atoms with Gasteiger partial charge in [0, 0.05) is 11.6 Å². The van der Waals surface area contributed by atoms with Crippen molar-refractivity contribution in [3.8, 4) is 17.2 Å². The molecule has 2 aromatic carbocycles. The maximum Gasteiger partial charge on any atom is 0.416 e. The highest BCUT2D eigenvalue weighted by atomic mass is 19.4. The molecular weight excluding hydrogens is 371 g/mol. The van der Waals surface area contributed by atoms with Crippen LogP contribution >= 0.6 is 0 Å². The van der Waals surface area contributed by atoms with E-state index in [0.29, 0.717) is 17.7 Å². The highest BCUT2D eigenvalue weighted by molar-refractivity contribution is 5.83. The molecule has 0 atom stereocenters. The molecule has 2 aromatic rings. The largest absolute Gasteiger partial charge is 0.502 e. The van der Waals surface area contributed by atoms with Crippen molar-refractivity contribution in [3.05, 3.63) is 51.6 Å². The summed E-state index contributed by atoms with van der Waals surface area (Å²) in [6.45, 7) is 0. The van der Waals surface area contributed by atoms with Crippen LogP contribution in [0.1, 0.15) is 11.1 Å². The van der Waals surface area contributed by atoms with Crippen LogP contribution in [0, 0.1) is 10.1 Å². The Labute approximate surface area is 151 Å². The fourth-order valence-electron chi connectivity index (χ4n) is 2.12. The summed E-state index contributed by atoms with van der Waals surface area (Å²) in [5.41, 5.74) is 0.596. The van der Waals surface area contributed by atoms with Crippen LogP contribution in [0.2, 0.25) is 0 Å². The minimum Gasteiger partial charge on any atom is -0.502 e. The van der Waals surface area contributed by atoms with Crippen LogP contribution in [-0.4, -0.2) is 30.5 Å². The second-order valence-corrected chi connectivity index (χ2v) is 5.13. The minimum atomic E-state index is -4.70. The summed E-state index contributed by atoms with van der Waals surface area (Å²) in [7, 11) is 2.67. The molecule has 0 bridgehead atoms. The number of hydrogen-bond donors (Lipinski definition) is 2. The number of alkyl halides is 3. The molecule has 2 rings (SSSR count). The zero-order valence-electron chi connectivity index (χ0n) is 14.1. The van der Waals surface area contributed by atoms with Gasteiger partial charge in [-0.2, -0.15) is 18.3 Å². The predicted molar refractivity (Wildman–Crippen MR) is 90.5 cm³/mol. The summed E-state index contributed by atoms with van der Waals surface area (Å²) < 4.78 is 48.0. The molecule has 27 heavy (non-hydrogen) atoms. The number of halogens is 3. The number of ether oxygens (including phenoxy) is 2. The zero-order valence-corrected chi connectivity index (χ0v) is 14.1. The maximum absolute atomic E-state index is 12.7. The van der Waals surface area contributed by atoms with E-state index in [0.717, 1.165) is 6.07 Å². The van der Waals surface area contributed by atoms with Gasteiger partial charge in [0.1, 0.15) is 5.69 Å². The predicted octanol–water partition coefficient (Wildman–Crippen LogP) is 3.78. The van der Waals surface area contributed by atoms with Crippen molar-refractivity contribution in [2.45, 2.75) is 6.18 Å². The quantitative estimate of drug-likeness (QED) is 0.445. The highest BCUT2D eigenvalue weighted by Gasteiger charge is 2.33. The van der Waals surface area contributed by atoms with E-state index >= 15 is 0 Å². The molecule has 0 aliphatic rings. The lowest BCUT2D eigenvalue weighted by Crippen LogP contribution is -2.06. The second kappa shape index (κ2) is 7.81. The molecule has 0 heterocycles. The normalized spacial score (nSPS) is 11.4. The number of hydrogen-bond acceptors (Lipinski definition) is 7. The molecule has 8 nitrogen and oxygen atoms in total. The molecule has 0 spiro atoms. The first kappa shape index (κ1) is 19.8. The topological polar surface area (TPSA) is 106 Å². The SMILES string of the molecule is COc1cc(/C=N/Nc2ccc(C(F)(F)F)cc2[N+](=O)[O-])cc(OC)c1O. The second-order valence-electron chi connectivity index (χ2n) is 5.13. The van der Waals surface area contributed by atoms with E-state index in [2.05, 4.69) is 10.5 Å². The van der Waals surface area contributed by atoms with E-state index in [1.54, 1.807) is 0 Å². The number of rotatable bonds is 6. The zero-order chi connectivity index (χ0) is 20.2. The lowest BCUT2D eigenvalue weighted by molar-refractivity contribution is -0.384. The Hall–Kier alpha value is -3.50. The van der Waals surface area contributed by atoms with Crippen LogP contribution in [0.15, 0.2) is 35.4 Å². The van der Waals surface area contributed by atoms with Crippen LogP contribution in [0.4, 0.5) is 24.5 Å². The summed E-state index contributed by atoms with van der Waals surface area (Å²) in [4.78, 5) is 10.1. The Morgan fingerprint density at radius 1 is 1.19 bits per heavy atom. The van der Waals surface area contributed by atoms with Crippen molar-refractivity contribution in [2.75, 3.05) is 19.6 Å². The van der Waals surface area contributed by atoms with Gasteiger partial charge in [0.15, 0.2) is 11.5 Å². The molecule has 0 aromatic heterocycles. The smallest absolute Gasteiger partial charge is 0.416 e. The molecular formula is C16H14F3N3O5. The summed E-state index contributed by atoms with van der Waals surface area (Å²) in [6, 6.07) is 4.88. The van der Waals surface area contributed by atoms with Gasteiger partial charge in [-0.1, -0.05) is 0 Å². The van der Waals surface area contributed by atoms with Crippen LogP contribution < -0.4 is 14.9 Å². The van der Waals surface area contributed by atoms with Gasteiger partial charge in [-0.15, -0.1) is 0 Å². The van der Waals surface area contributed by atoms with E-state index in [9.17, 15) is 28.4 Å². The molecule has 2 N–H and O–H groups in total. The lowest BCUT2D eigenvalue weighted by Gasteiger charge is -2.09. The first-order valence-electron chi connectivity index (χ1n) is 7.27. The number of nitro groups is 1. The third kappa shape index (κ3) is 4.57. The average molecular weight is 385 g/mol. The van der Waals surface area contributed by atoms with Crippen LogP contribution in [0.25, 0.3) is 0 Å². The van der Waals surface area contributed by atoms with Gasteiger partial charge in [-0.25, -0.2) is 0 Å². The molecule has 0 saturated carbocycles. The van der Waals surface area contributed by atoms with Crippen molar-refractivity contribution in [1.82, 2.24) is 0 Å². The van der Waals surface area contributed by atoms with Crippen molar-refractivity contribution < 1.29 is 32.7 Å². The van der Waals surface area contributed by atoms with Crippen LogP contribution in [-0.2, 0) is 6.18 Å². The molecule has 144 valence electrons. The average Bonchev–Trinajstić information content (AvgIpc) is 2.61. The highest BCUT2D eigenvalue weighted by Crippen LogP contribution is 2.37. The first-order chi connectivity index (χ1) is 12.7. The van der Waals surface area contributed by atoms with Crippen molar-refractivity contribution in [1.29, 1.82) is 0 Å². The Morgan fingerprint density at radius 3 is 2.26 bits per heavy atom. The van der Waals surface area contributed by atoms with Crippen molar-refractivity contribution in [2.24, 2.45) is 5.10 Å². The molecule has 11 heteroatoms. The van der Waals surface area contributed by atoms with E-state index in [4.69, 9.17) is 9.47 Å². The third-order valence-corrected chi connectivity index (χ3v) is 3.42. The summed E-state index contributed by atoms with van der Waals surface area (Å²) in [5.74, 6) is -0.00360. The maximum atomic E-state index is 12.7. The van der Waals surface area contributed by atoms with Crippen LogP contribution in [0.3, 0.4) is 0 Å². The Morgan fingerprint density at radius 2 is 1.78 bits per heavy atom. The van der Waals surface area contributed by atoms with Gasteiger partial charge >= 0.3 is 6.18 Å². The van der Waals surface area contributed by atoms with Gasteiger partial charge in [0.05, 0.1) is 30.9 Å². The molecule has 0 unspecified atom stereocenters. The van der Waals surface area contributed by atoms with E-state index < -0.39 is 22.4 Å². The summed E-state index contributed by atoms with van der Waals surface area (Å²) in [6.07, 6.45) is -3.47. The Kier molecular flexibility index (Phi) is 5.73. The number of phenols is 1. The number of nitrogens with zero attached hydrogens (tertiary/aromatic N) is 2. The van der Waals surface area contributed by atoms with Crippen molar-refractivity contribution in [3.63, 3.8) is 0 Å². The number of aromatic hydroxyl groups is 1. The fraction of sp³-hybridized carbons (Fsp3) is 0.188. The van der Waals surface area contributed by atoms with Gasteiger partial charge in [-0.05, 0) is 24.3 Å². The minimum absolute atomic E-state index is 0.108. The monoisotopic (exact) mass is 385 g/mol. The van der Waals surface area contributed by atoms with E-state index in [-0.39, 0.29) is 22.9 Å². The Balaban J connectivity index is 2.30. The molecule has 0 saturated heterocycles. The van der Waals surface area contributed by atoms with Gasteiger partial charge in [0.2, 0.25) is 5.75 Å². The lowest BCUT2D eigenvalue weighted by atomic mass is 10.1. The van der Waals surface area contributed by atoms with E-state index in [1.165, 1.54) is 32.6 Å². The molecule has 0 radical (unpaired) electrons. The Bertz CT molecular complexity index is 859. The number of phenolic OH excluding ortho intramolecular Hbond substituents is 1. The number of nitro benzene ring substituents is 1. The summed E-state index contributed by atoms with van der Waals surface area (Å²) in [5, 5.41) is 24.6. The molecule has 0 aliphatic heterocycles. The fourth-order valence-corrected chi connectivity index (χ4v) is 2.12. The van der Waals surface area contributed by atoms with Crippen LogP contribution in [0.5, 0.6) is 17.2 Å². The molecule has 0 aliphatic carbocycles. The molecule has 0 fully saturated rings.